The topological polar surface area (TPSA) is 60.2 Å². The van der Waals surface area contributed by atoms with Gasteiger partial charge in [0.05, 0.1) is 22.9 Å². The number of amides is 1. The number of ether oxygens (including phenoxy) is 1. The van der Waals surface area contributed by atoms with Crippen molar-refractivity contribution in [2.24, 2.45) is 0 Å². The van der Waals surface area contributed by atoms with Crippen molar-refractivity contribution in [2.75, 3.05) is 18.1 Å². The molecule has 1 aromatic carbocycles. The molecule has 0 spiro atoms. The van der Waals surface area contributed by atoms with Crippen LogP contribution < -0.4 is 4.90 Å². The highest BCUT2D eigenvalue weighted by Crippen LogP contribution is 2.31. The average Bonchev–Trinajstić information content (AvgIpc) is 3.37. The van der Waals surface area contributed by atoms with Crippen LogP contribution in [0.25, 0.3) is 10.2 Å². The van der Waals surface area contributed by atoms with Crippen molar-refractivity contribution in [1.82, 2.24) is 14.8 Å². The summed E-state index contributed by atoms with van der Waals surface area (Å²) >= 11 is 1.31. The molecule has 1 saturated heterocycles. The maximum atomic E-state index is 13.5. The molecule has 0 N–H and O–H groups in total. The maximum absolute atomic E-state index is 13.5. The first-order valence-corrected chi connectivity index (χ1v) is 9.91. The molecule has 142 valence electrons. The molecular formula is C19H21FN4O2S. The number of anilines is 1. The van der Waals surface area contributed by atoms with Gasteiger partial charge in [-0.05, 0) is 51.0 Å². The van der Waals surface area contributed by atoms with Gasteiger partial charge in [-0.25, -0.2) is 9.37 Å². The molecule has 4 rings (SSSR count). The van der Waals surface area contributed by atoms with E-state index >= 15 is 0 Å². The molecule has 1 amide bonds. The number of carbonyl (C=O) groups is 1. The normalized spacial score (nSPS) is 16.9. The van der Waals surface area contributed by atoms with E-state index in [4.69, 9.17) is 4.74 Å². The monoisotopic (exact) mass is 388 g/mol. The zero-order valence-corrected chi connectivity index (χ0v) is 16.1. The number of rotatable bonds is 5. The molecule has 27 heavy (non-hydrogen) atoms. The Balaban J connectivity index is 1.71. The Morgan fingerprint density at radius 3 is 3.00 bits per heavy atom. The van der Waals surface area contributed by atoms with Crippen molar-refractivity contribution in [3.8, 4) is 0 Å². The summed E-state index contributed by atoms with van der Waals surface area (Å²) in [5, 5.41) is 4.96. The Morgan fingerprint density at radius 1 is 1.44 bits per heavy atom. The van der Waals surface area contributed by atoms with Crippen molar-refractivity contribution in [1.29, 1.82) is 0 Å². The van der Waals surface area contributed by atoms with Crippen molar-refractivity contribution < 1.29 is 13.9 Å². The van der Waals surface area contributed by atoms with E-state index in [0.29, 0.717) is 40.7 Å². The molecule has 3 aromatic rings. The van der Waals surface area contributed by atoms with Crippen LogP contribution in [0, 0.1) is 12.7 Å². The predicted octanol–water partition coefficient (Wildman–Crippen LogP) is 3.79. The molecule has 1 aliphatic rings. The Hall–Kier alpha value is -2.32. The second kappa shape index (κ2) is 7.36. The fraction of sp³-hybridized carbons (Fsp3) is 0.421. The molecule has 2 aromatic heterocycles. The second-order valence-electron chi connectivity index (χ2n) is 6.65. The van der Waals surface area contributed by atoms with Crippen molar-refractivity contribution in [2.45, 2.75) is 39.3 Å². The van der Waals surface area contributed by atoms with Gasteiger partial charge in [-0.15, -0.1) is 0 Å². The lowest BCUT2D eigenvalue weighted by Crippen LogP contribution is -2.37. The first kappa shape index (κ1) is 18.1. The van der Waals surface area contributed by atoms with Gasteiger partial charge in [-0.3, -0.25) is 14.4 Å². The first-order valence-electron chi connectivity index (χ1n) is 9.09. The summed E-state index contributed by atoms with van der Waals surface area (Å²) in [6.07, 6.45) is 1.87. The summed E-state index contributed by atoms with van der Waals surface area (Å²) < 4.78 is 21.8. The smallest absolute Gasteiger partial charge is 0.280 e. The molecule has 1 unspecified atom stereocenters. The van der Waals surface area contributed by atoms with Gasteiger partial charge in [-0.1, -0.05) is 11.3 Å². The fourth-order valence-electron chi connectivity index (χ4n) is 3.31. The van der Waals surface area contributed by atoms with Gasteiger partial charge in [0.25, 0.3) is 5.91 Å². The number of benzene rings is 1. The summed E-state index contributed by atoms with van der Waals surface area (Å²) in [7, 11) is 0. The summed E-state index contributed by atoms with van der Waals surface area (Å²) in [4.78, 5) is 19.4. The van der Waals surface area contributed by atoms with E-state index in [1.54, 1.807) is 21.7 Å². The highest BCUT2D eigenvalue weighted by atomic mass is 32.1. The van der Waals surface area contributed by atoms with Crippen LogP contribution in [0.4, 0.5) is 9.52 Å². The third-order valence-electron chi connectivity index (χ3n) is 4.73. The van der Waals surface area contributed by atoms with Gasteiger partial charge in [0, 0.05) is 18.8 Å². The average molecular weight is 388 g/mol. The number of thiazole rings is 1. The Bertz CT molecular complexity index is 977. The Kier molecular flexibility index (Phi) is 4.92. The molecule has 1 fully saturated rings. The number of hydrogen-bond donors (Lipinski definition) is 0. The quantitative estimate of drug-likeness (QED) is 0.667. The molecule has 3 heterocycles. The lowest BCUT2D eigenvalue weighted by Gasteiger charge is -2.22. The molecule has 1 aliphatic heterocycles. The molecular weight excluding hydrogens is 367 g/mol. The summed E-state index contributed by atoms with van der Waals surface area (Å²) in [5.41, 5.74) is 2.00. The van der Waals surface area contributed by atoms with Gasteiger partial charge in [-0.2, -0.15) is 5.10 Å². The van der Waals surface area contributed by atoms with Crippen LogP contribution in [0.3, 0.4) is 0 Å². The lowest BCUT2D eigenvalue weighted by atomic mass is 10.2. The van der Waals surface area contributed by atoms with E-state index < -0.39 is 0 Å². The number of aromatic nitrogens is 3. The minimum atomic E-state index is -0.313. The van der Waals surface area contributed by atoms with Crippen molar-refractivity contribution >= 4 is 32.6 Å². The molecule has 0 saturated carbocycles. The minimum absolute atomic E-state index is 0.0212. The molecule has 1 atom stereocenters. The third kappa shape index (κ3) is 3.59. The van der Waals surface area contributed by atoms with Gasteiger partial charge in [0.1, 0.15) is 5.82 Å². The molecule has 0 radical (unpaired) electrons. The van der Waals surface area contributed by atoms with E-state index in [1.807, 2.05) is 13.8 Å². The largest absolute Gasteiger partial charge is 0.376 e. The van der Waals surface area contributed by atoms with Gasteiger partial charge >= 0.3 is 0 Å². The summed E-state index contributed by atoms with van der Waals surface area (Å²) in [6.45, 7) is 5.74. The molecule has 6 nitrogen and oxygen atoms in total. The molecule has 8 heteroatoms. The first-order chi connectivity index (χ1) is 13.0. The number of nitrogens with zero attached hydrogens (tertiary/aromatic N) is 4. The number of carbonyl (C=O) groups excluding carboxylic acids is 1. The van der Waals surface area contributed by atoms with Gasteiger partial charge in [0.2, 0.25) is 0 Å². The van der Waals surface area contributed by atoms with Crippen LogP contribution in [0.2, 0.25) is 0 Å². The number of halogens is 1. The van der Waals surface area contributed by atoms with E-state index in [1.165, 1.54) is 23.5 Å². The predicted molar refractivity (Wildman–Crippen MR) is 103 cm³/mol. The Morgan fingerprint density at radius 2 is 2.30 bits per heavy atom. The van der Waals surface area contributed by atoms with Crippen molar-refractivity contribution in [3.63, 3.8) is 0 Å². The summed E-state index contributed by atoms with van der Waals surface area (Å²) in [5.74, 6) is -0.521. The van der Waals surface area contributed by atoms with Gasteiger partial charge < -0.3 is 4.74 Å². The van der Waals surface area contributed by atoms with Gasteiger partial charge in [0.15, 0.2) is 10.8 Å². The third-order valence-corrected chi connectivity index (χ3v) is 5.77. The number of fused-ring (bicyclic) bond motifs is 1. The fourth-order valence-corrected chi connectivity index (χ4v) is 4.31. The lowest BCUT2D eigenvalue weighted by molar-refractivity contribution is 0.0912. The van der Waals surface area contributed by atoms with Crippen LogP contribution in [0.15, 0.2) is 24.3 Å². The van der Waals surface area contributed by atoms with Crippen LogP contribution in [0.5, 0.6) is 0 Å². The summed E-state index contributed by atoms with van der Waals surface area (Å²) in [6, 6.07) is 6.25. The van der Waals surface area contributed by atoms with Crippen molar-refractivity contribution in [3.05, 3.63) is 41.5 Å². The van der Waals surface area contributed by atoms with E-state index in [2.05, 4.69) is 10.1 Å². The number of hydrogen-bond acceptors (Lipinski definition) is 5. The minimum Gasteiger partial charge on any atom is -0.376 e. The van der Waals surface area contributed by atoms with E-state index in [-0.39, 0.29) is 17.8 Å². The van der Waals surface area contributed by atoms with Crippen LogP contribution in [-0.4, -0.2) is 39.9 Å². The SMILES string of the molecule is CCn1nc(C(=O)N(CC2CCCO2)c2nc3ccc(F)cc3s2)cc1C. The number of aryl methyl sites for hydroxylation is 2. The second-order valence-corrected chi connectivity index (χ2v) is 7.66. The standard InChI is InChI=1S/C19H21FN4O2S/c1-3-24-12(2)9-16(22-24)18(25)23(11-14-5-4-8-26-14)19-21-15-7-6-13(20)10-17(15)27-19/h6-7,9-10,14H,3-5,8,11H2,1-2H3. The van der Waals surface area contributed by atoms with E-state index in [9.17, 15) is 9.18 Å². The molecule has 0 aliphatic carbocycles. The van der Waals surface area contributed by atoms with Crippen LogP contribution in [-0.2, 0) is 11.3 Å². The molecule has 0 bridgehead atoms. The van der Waals surface area contributed by atoms with Crippen LogP contribution >= 0.6 is 11.3 Å². The highest BCUT2D eigenvalue weighted by Gasteiger charge is 2.28. The van der Waals surface area contributed by atoms with E-state index in [0.717, 1.165) is 18.5 Å². The zero-order chi connectivity index (χ0) is 19.0. The maximum Gasteiger partial charge on any atom is 0.280 e. The zero-order valence-electron chi connectivity index (χ0n) is 15.3. The Labute approximate surface area is 160 Å². The van der Waals surface area contributed by atoms with Crippen LogP contribution in [0.1, 0.15) is 35.9 Å². The highest BCUT2D eigenvalue weighted by molar-refractivity contribution is 7.22.